The molecule has 0 atom stereocenters. The van der Waals surface area contributed by atoms with Gasteiger partial charge in [0.05, 0.1) is 15.6 Å². The Morgan fingerprint density at radius 3 is 2.61 bits per heavy atom. The molecule has 0 spiro atoms. The zero-order chi connectivity index (χ0) is 19.7. The first-order valence-corrected chi connectivity index (χ1v) is 9.89. The van der Waals surface area contributed by atoms with Gasteiger partial charge in [0, 0.05) is 19.2 Å². The molecule has 4 rings (SSSR count). The van der Waals surface area contributed by atoms with Crippen LogP contribution in [0.3, 0.4) is 0 Å². The smallest absolute Gasteiger partial charge is 0.279 e. The second kappa shape index (κ2) is 8.25. The minimum atomic E-state index is -0.609. The molecule has 2 aliphatic rings. The Morgan fingerprint density at radius 2 is 1.96 bits per heavy atom. The fourth-order valence-corrected chi connectivity index (χ4v) is 3.26. The molecule has 1 heterocycles. The van der Waals surface area contributed by atoms with Crippen LogP contribution in [0.2, 0.25) is 10.0 Å². The predicted molar refractivity (Wildman–Crippen MR) is 104 cm³/mol. The maximum Gasteiger partial charge on any atom is 0.279 e. The SMILES string of the molecule is O=C(NON1CCC1)c1cc(C2CC2)c(COc2ccc(Cl)c(Cl)c2)cc1F. The third kappa shape index (κ3) is 4.41. The fraction of sp³-hybridized carbons (Fsp3) is 0.350. The summed E-state index contributed by atoms with van der Waals surface area (Å²) in [7, 11) is 0. The van der Waals surface area contributed by atoms with Gasteiger partial charge in [-0.25, -0.2) is 9.87 Å². The highest BCUT2D eigenvalue weighted by Gasteiger charge is 2.29. The Hall–Kier alpha value is -1.86. The lowest BCUT2D eigenvalue weighted by molar-refractivity contribution is -0.229. The molecule has 1 saturated heterocycles. The van der Waals surface area contributed by atoms with Gasteiger partial charge in [-0.1, -0.05) is 23.2 Å². The van der Waals surface area contributed by atoms with Gasteiger partial charge in [0.1, 0.15) is 18.2 Å². The third-order valence-corrected chi connectivity index (χ3v) is 5.60. The van der Waals surface area contributed by atoms with E-state index in [1.54, 1.807) is 29.3 Å². The summed E-state index contributed by atoms with van der Waals surface area (Å²) in [5.41, 5.74) is 3.92. The van der Waals surface area contributed by atoms with E-state index in [1.165, 1.54) is 6.07 Å². The van der Waals surface area contributed by atoms with Crippen LogP contribution in [0.15, 0.2) is 30.3 Å². The number of carbonyl (C=O) groups excluding carboxylic acids is 1. The molecular weight excluding hydrogens is 406 g/mol. The predicted octanol–water partition coefficient (Wildman–Crippen LogP) is 4.87. The van der Waals surface area contributed by atoms with Crippen molar-refractivity contribution in [3.05, 3.63) is 62.9 Å². The van der Waals surface area contributed by atoms with E-state index in [2.05, 4.69) is 5.48 Å². The molecule has 0 radical (unpaired) electrons. The molecule has 2 aromatic rings. The van der Waals surface area contributed by atoms with Crippen LogP contribution < -0.4 is 10.2 Å². The van der Waals surface area contributed by atoms with Crippen molar-refractivity contribution in [3.8, 4) is 5.75 Å². The maximum atomic E-state index is 14.6. The van der Waals surface area contributed by atoms with E-state index in [0.717, 1.165) is 37.9 Å². The van der Waals surface area contributed by atoms with Gasteiger partial charge in [0.15, 0.2) is 0 Å². The molecule has 2 fully saturated rings. The number of carbonyl (C=O) groups is 1. The molecule has 0 aromatic heterocycles. The molecular formula is C20H19Cl2FN2O3. The van der Waals surface area contributed by atoms with Crippen molar-refractivity contribution in [2.75, 3.05) is 13.1 Å². The van der Waals surface area contributed by atoms with Crippen molar-refractivity contribution in [1.82, 2.24) is 10.5 Å². The number of hydrogen-bond acceptors (Lipinski definition) is 4. The van der Waals surface area contributed by atoms with Crippen molar-refractivity contribution in [1.29, 1.82) is 0 Å². The minimum absolute atomic E-state index is 0.0271. The molecule has 28 heavy (non-hydrogen) atoms. The van der Waals surface area contributed by atoms with Gasteiger partial charge in [-0.15, -0.1) is 0 Å². The first-order chi connectivity index (χ1) is 13.5. The minimum Gasteiger partial charge on any atom is -0.489 e. The second-order valence-electron chi connectivity index (χ2n) is 6.97. The summed E-state index contributed by atoms with van der Waals surface area (Å²) in [6.45, 7) is 1.68. The van der Waals surface area contributed by atoms with Crippen LogP contribution >= 0.6 is 23.2 Å². The molecule has 1 N–H and O–H groups in total. The lowest BCUT2D eigenvalue weighted by Gasteiger charge is -2.28. The first-order valence-electron chi connectivity index (χ1n) is 9.13. The normalized spacial score (nSPS) is 16.5. The summed E-state index contributed by atoms with van der Waals surface area (Å²) in [6, 6.07) is 7.94. The van der Waals surface area contributed by atoms with E-state index in [0.29, 0.717) is 27.3 Å². The Labute approximate surface area is 172 Å². The highest BCUT2D eigenvalue weighted by Crippen LogP contribution is 2.42. The van der Waals surface area contributed by atoms with Crippen molar-refractivity contribution < 1.29 is 18.9 Å². The van der Waals surface area contributed by atoms with Crippen LogP contribution in [-0.4, -0.2) is 24.1 Å². The van der Waals surface area contributed by atoms with Crippen molar-refractivity contribution in [2.45, 2.75) is 31.8 Å². The molecule has 8 heteroatoms. The van der Waals surface area contributed by atoms with E-state index < -0.39 is 11.7 Å². The summed E-state index contributed by atoms with van der Waals surface area (Å²) in [6.07, 6.45) is 3.04. The highest BCUT2D eigenvalue weighted by atomic mass is 35.5. The molecule has 0 unspecified atom stereocenters. The zero-order valence-electron chi connectivity index (χ0n) is 15.0. The summed E-state index contributed by atoms with van der Waals surface area (Å²) >= 11 is 11.9. The van der Waals surface area contributed by atoms with Gasteiger partial charge in [-0.2, -0.15) is 10.0 Å². The van der Waals surface area contributed by atoms with Crippen LogP contribution in [0.25, 0.3) is 0 Å². The summed E-state index contributed by atoms with van der Waals surface area (Å²) in [5.74, 6) is -0.345. The van der Waals surface area contributed by atoms with Crippen LogP contribution in [0.4, 0.5) is 4.39 Å². The maximum absolute atomic E-state index is 14.6. The lowest BCUT2D eigenvalue weighted by Crippen LogP contribution is -2.43. The summed E-state index contributed by atoms with van der Waals surface area (Å²) in [4.78, 5) is 17.4. The van der Waals surface area contributed by atoms with Gasteiger partial charge in [-0.05, 0) is 60.6 Å². The molecule has 148 valence electrons. The number of ether oxygens (including phenoxy) is 1. The van der Waals surface area contributed by atoms with E-state index in [1.807, 2.05) is 0 Å². The van der Waals surface area contributed by atoms with Crippen LogP contribution in [0.5, 0.6) is 5.75 Å². The van der Waals surface area contributed by atoms with E-state index in [9.17, 15) is 9.18 Å². The Kier molecular flexibility index (Phi) is 5.73. The molecule has 1 saturated carbocycles. The Bertz CT molecular complexity index is 901. The zero-order valence-corrected chi connectivity index (χ0v) is 16.5. The Balaban J connectivity index is 1.49. The molecule has 1 aliphatic carbocycles. The largest absolute Gasteiger partial charge is 0.489 e. The number of nitrogens with zero attached hydrogens (tertiary/aromatic N) is 1. The van der Waals surface area contributed by atoms with Gasteiger partial charge >= 0.3 is 0 Å². The van der Waals surface area contributed by atoms with Gasteiger partial charge in [0.25, 0.3) is 5.91 Å². The van der Waals surface area contributed by atoms with E-state index >= 15 is 0 Å². The van der Waals surface area contributed by atoms with Gasteiger partial charge in [-0.3, -0.25) is 4.79 Å². The summed E-state index contributed by atoms with van der Waals surface area (Å²) < 4.78 is 20.4. The molecule has 2 aromatic carbocycles. The number of amides is 1. The molecule has 5 nitrogen and oxygen atoms in total. The number of nitrogens with one attached hydrogen (secondary N) is 1. The van der Waals surface area contributed by atoms with Crippen molar-refractivity contribution >= 4 is 29.1 Å². The number of halogens is 3. The lowest BCUT2D eigenvalue weighted by atomic mass is 9.99. The summed E-state index contributed by atoms with van der Waals surface area (Å²) in [5, 5.41) is 2.44. The van der Waals surface area contributed by atoms with Gasteiger partial charge in [0.2, 0.25) is 0 Å². The average molecular weight is 425 g/mol. The van der Waals surface area contributed by atoms with E-state index in [4.69, 9.17) is 32.9 Å². The van der Waals surface area contributed by atoms with Gasteiger partial charge < -0.3 is 4.74 Å². The van der Waals surface area contributed by atoms with Crippen LogP contribution in [0, 0.1) is 5.82 Å². The fourth-order valence-electron chi connectivity index (χ4n) is 2.97. The van der Waals surface area contributed by atoms with Crippen molar-refractivity contribution in [2.24, 2.45) is 0 Å². The van der Waals surface area contributed by atoms with Crippen LogP contribution in [-0.2, 0) is 11.5 Å². The second-order valence-corrected chi connectivity index (χ2v) is 7.79. The quantitative estimate of drug-likeness (QED) is 0.644. The number of hydrogen-bond donors (Lipinski definition) is 1. The monoisotopic (exact) mass is 424 g/mol. The standard InChI is InChI=1S/C20H19Cl2FN2O3/c21-17-5-4-14(9-18(17)22)27-11-13-8-19(23)16(10-15(13)12-2-3-12)20(26)24-28-25-6-1-7-25/h4-5,8-10,12H,1-3,6-7,11H2,(H,24,26). The average Bonchev–Trinajstić information content (AvgIpc) is 3.46. The number of benzene rings is 2. The third-order valence-electron chi connectivity index (χ3n) is 4.86. The number of rotatable bonds is 7. The molecule has 1 aliphatic heterocycles. The van der Waals surface area contributed by atoms with Crippen LogP contribution in [0.1, 0.15) is 46.7 Å². The van der Waals surface area contributed by atoms with Crippen molar-refractivity contribution in [3.63, 3.8) is 0 Å². The van der Waals surface area contributed by atoms with E-state index in [-0.39, 0.29) is 12.2 Å². The number of hydroxylamine groups is 3. The molecule has 1 amide bonds. The topological polar surface area (TPSA) is 50.8 Å². The first kappa shape index (κ1) is 19.5. The highest BCUT2D eigenvalue weighted by molar-refractivity contribution is 6.42. The molecule has 0 bridgehead atoms. The Morgan fingerprint density at radius 1 is 1.18 bits per heavy atom.